The SMILES string of the molecule is Cc1ccc(CN(CCN(C)C)S(=O)(=O)CC2(F)CC2)o1. The Kier molecular flexibility index (Phi) is 4.75. The van der Waals surface area contributed by atoms with Gasteiger partial charge in [0.2, 0.25) is 10.0 Å². The van der Waals surface area contributed by atoms with Gasteiger partial charge in [0.15, 0.2) is 0 Å². The molecule has 2 rings (SSSR count). The molecule has 0 aromatic carbocycles. The summed E-state index contributed by atoms with van der Waals surface area (Å²) in [5.41, 5.74) is -1.52. The maximum Gasteiger partial charge on any atom is 0.217 e. The summed E-state index contributed by atoms with van der Waals surface area (Å²) < 4.78 is 45.5. The van der Waals surface area contributed by atoms with Crippen LogP contribution in [0.4, 0.5) is 4.39 Å². The smallest absolute Gasteiger partial charge is 0.217 e. The number of hydrogen-bond acceptors (Lipinski definition) is 4. The van der Waals surface area contributed by atoms with Crippen LogP contribution in [-0.2, 0) is 16.6 Å². The first-order valence-electron chi connectivity index (χ1n) is 7.07. The van der Waals surface area contributed by atoms with E-state index in [1.807, 2.05) is 25.9 Å². The van der Waals surface area contributed by atoms with Crippen LogP contribution in [0.3, 0.4) is 0 Å². The van der Waals surface area contributed by atoms with E-state index in [4.69, 9.17) is 4.42 Å². The number of nitrogens with zero attached hydrogens (tertiary/aromatic N) is 2. The molecule has 0 radical (unpaired) electrons. The van der Waals surface area contributed by atoms with Crippen molar-refractivity contribution in [3.05, 3.63) is 23.7 Å². The second-order valence-electron chi connectivity index (χ2n) is 6.06. The van der Waals surface area contributed by atoms with E-state index in [0.717, 1.165) is 5.76 Å². The molecule has 1 saturated carbocycles. The Morgan fingerprint density at radius 2 is 1.95 bits per heavy atom. The van der Waals surface area contributed by atoms with Crippen LogP contribution in [0.5, 0.6) is 0 Å². The molecule has 0 N–H and O–H groups in total. The maximum absolute atomic E-state index is 13.9. The number of furan rings is 1. The highest BCUT2D eigenvalue weighted by molar-refractivity contribution is 7.89. The second kappa shape index (κ2) is 6.06. The third-order valence-electron chi connectivity index (χ3n) is 3.55. The molecule has 1 fully saturated rings. The van der Waals surface area contributed by atoms with Crippen LogP contribution in [0.2, 0.25) is 0 Å². The first-order valence-corrected chi connectivity index (χ1v) is 8.68. The molecule has 1 aromatic rings. The molecular formula is C14H23FN2O3S. The molecule has 1 heterocycles. The highest BCUT2D eigenvalue weighted by Gasteiger charge is 2.48. The molecule has 0 amide bonds. The van der Waals surface area contributed by atoms with Gasteiger partial charge >= 0.3 is 0 Å². The molecule has 1 aliphatic carbocycles. The van der Waals surface area contributed by atoms with Gasteiger partial charge in [-0.15, -0.1) is 0 Å². The topological polar surface area (TPSA) is 53.8 Å². The van der Waals surface area contributed by atoms with Crippen molar-refractivity contribution in [2.45, 2.75) is 32.0 Å². The van der Waals surface area contributed by atoms with E-state index in [1.165, 1.54) is 4.31 Å². The van der Waals surface area contributed by atoms with Crippen molar-refractivity contribution in [1.82, 2.24) is 9.21 Å². The van der Waals surface area contributed by atoms with E-state index in [1.54, 1.807) is 12.1 Å². The summed E-state index contributed by atoms with van der Waals surface area (Å²) in [5.74, 6) is 0.894. The van der Waals surface area contributed by atoms with Gasteiger partial charge in [-0.3, -0.25) is 0 Å². The average Bonchev–Trinajstić information content (AvgIpc) is 2.91. The lowest BCUT2D eigenvalue weighted by Gasteiger charge is -2.23. The van der Waals surface area contributed by atoms with E-state index >= 15 is 0 Å². The van der Waals surface area contributed by atoms with E-state index in [9.17, 15) is 12.8 Å². The van der Waals surface area contributed by atoms with Crippen LogP contribution >= 0.6 is 0 Å². The van der Waals surface area contributed by atoms with Crippen LogP contribution in [0.25, 0.3) is 0 Å². The molecule has 5 nitrogen and oxygen atoms in total. The summed E-state index contributed by atoms with van der Waals surface area (Å²) in [6.45, 7) is 2.87. The van der Waals surface area contributed by atoms with Gasteiger partial charge in [-0.2, -0.15) is 4.31 Å². The maximum atomic E-state index is 13.9. The van der Waals surface area contributed by atoms with Crippen LogP contribution < -0.4 is 0 Å². The number of halogens is 1. The summed E-state index contributed by atoms with van der Waals surface area (Å²) >= 11 is 0. The molecule has 0 bridgehead atoms. The average molecular weight is 318 g/mol. The number of rotatable bonds is 8. The number of likely N-dealkylation sites (N-methyl/N-ethyl adjacent to an activating group) is 1. The van der Waals surface area contributed by atoms with E-state index in [-0.39, 0.29) is 6.54 Å². The third-order valence-corrected chi connectivity index (χ3v) is 5.53. The Morgan fingerprint density at radius 3 is 2.43 bits per heavy atom. The Balaban J connectivity index is 2.10. The lowest BCUT2D eigenvalue weighted by Crippen LogP contribution is -2.39. The lowest BCUT2D eigenvalue weighted by molar-refractivity contribution is 0.297. The molecule has 1 aliphatic rings. The van der Waals surface area contributed by atoms with Crippen LogP contribution in [-0.4, -0.2) is 56.2 Å². The van der Waals surface area contributed by atoms with Crippen molar-refractivity contribution in [3.63, 3.8) is 0 Å². The lowest BCUT2D eigenvalue weighted by atomic mass is 10.4. The third kappa shape index (κ3) is 4.79. The number of aryl methyl sites for hydroxylation is 1. The summed E-state index contributed by atoms with van der Waals surface area (Å²) in [4.78, 5) is 1.90. The molecule has 0 aliphatic heterocycles. The van der Waals surface area contributed by atoms with Crippen molar-refractivity contribution in [2.24, 2.45) is 0 Å². The van der Waals surface area contributed by atoms with Gasteiger partial charge in [0.05, 0.1) is 12.3 Å². The van der Waals surface area contributed by atoms with Gasteiger partial charge in [-0.05, 0) is 46.0 Å². The molecule has 120 valence electrons. The zero-order valence-corrected chi connectivity index (χ0v) is 13.6. The van der Waals surface area contributed by atoms with E-state index in [2.05, 4.69) is 0 Å². The van der Waals surface area contributed by atoms with Crippen molar-refractivity contribution in [2.75, 3.05) is 32.9 Å². The predicted molar refractivity (Wildman–Crippen MR) is 79.3 cm³/mol. The Morgan fingerprint density at radius 1 is 1.29 bits per heavy atom. The molecule has 1 aromatic heterocycles. The fourth-order valence-corrected chi connectivity index (χ4v) is 3.88. The van der Waals surface area contributed by atoms with Crippen molar-refractivity contribution >= 4 is 10.0 Å². The highest BCUT2D eigenvalue weighted by atomic mass is 32.2. The monoisotopic (exact) mass is 318 g/mol. The van der Waals surface area contributed by atoms with Gasteiger partial charge in [0.1, 0.15) is 17.2 Å². The fraction of sp³-hybridized carbons (Fsp3) is 0.714. The summed E-state index contributed by atoms with van der Waals surface area (Å²) in [6.07, 6.45) is 0.682. The summed E-state index contributed by atoms with van der Waals surface area (Å²) in [6, 6.07) is 3.56. The zero-order chi connectivity index (χ0) is 15.7. The first kappa shape index (κ1) is 16.5. The van der Waals surface area contributed by atoms with Gasteiger partial charge in [0, 0.05) is 13.1 Å². The van der Waals surface area contributed by atoms with E-state index < -0.39 is 21.4 Å². The largest absolute Gasteiger partial charge is 0.465 e. The Hall–Kier alpha value is -0.920. The molecule has 0 atom stereocenters. The number of hydrogen-bond donors (Lipinski definition) is 0. The minimum atomic E-state index is -3.63. The summed E-state index contributed by atoms with van der Waals surface area (Å²) in [7, 11) is 0.118. The van der Waals surface area contributed by atoms with Crippen molar-refractivity contribution < 1.29 is 17.2 Å². The molecule has 21 heavy (non-hydrogen) atoms. The standard InChI is InChI=1S/C14H23FN2O3S/c1-12-4-5-13(20-12)10-17(9-8-16(2)3)21(18,19)11-14(15)6-7-14/h4-5H,6-11H2,1-3H3. The van der Waals surface area contributed by atoms with Gasteiger partial charge < -0.3 is 9.32 Å². The van der Waals surface area contributed by atoms with Crippen LogP contribution in [0.15, 0.2) is 16.5 Å². The van der Waals surface area contributed by atoms with Crippen LogP contribution in [0, 0.1) is 6.92 Å². The normalized spacial score (nSPS) is 17.6. The highest BCUT2D eigenvalue weighted by Crippen LogP contribution is 2.41. The molecule has 0 unspecified atom stereocenters. The predicted octanol–water partition coefficient (Wildman–Crippen LogP) is 1.78. The fourth-order valence-electron chi connectivity index (χ4n) is 2.07. The van der Waals surface area contributed by atoms with Gasteiger partial charge in [0.25, 0.3) is 0 Å². The molecule has 0 spiro atoms. The minimum absolute atomic E-state index is 0.153. The Bertz CT molecular complexity index is 579. The van der Waals surface area contributed by atoms with Gasteiger partial charge in [-0.25, -0.2) is 12.8 Å². The zero-order valence-electron chi connectivity index (χ0n) is 12.8. The number of sulfonamides is 1. The Labute approximate surface area is 125 Å². The molecular weight excluding hydrogens is 295 g/mol. The van der Waals surface area contributed by atoms with Crippen molar-refractivity contribution in [1.29, 1.82) is 0 Å². The number of alkyl halides is 1. The quantitative estimate of drug-likeness (QED) is 0.733. The molecule has 7 heteroatoms. The van der Waals surface area contributed by atoms with Crippen molar-refractivity contribution in [3.8, 4) is 0 Å². The second-order valence-corrected chi connectivity index (χ2v) is 8.03. The minimum Gasteiger partial charge on any atom is -0.465 e. The van der Waals surface area contributed by atoms with E-state index in [0.29, 0.717) is 31.7 Å². The molecule has 0 saturated heterocycles. The summed E-state index contributed by atoms with van der Waals surface area (Å²) in [5, 5.41) is 0. The van der Waals surface area contributed by atoms with Crippen LogP contribution in [0.1, 0.15) is 24.4 Å². The van der Waals surface area contributed by atoms with Gasteiger partial charge in [-0.1, -0.05) is 0 Å². The first-order chi connectivity index (χ1) is 9.70.